The van der Waals surface area contributed by atoms with Crippen LogP contribution < -0.4 is 5.43 Å². The van der Waals surface area contributed by atoms with E-state index in [0.29, 0.717) is 10.7 Å². The summed E-state index contributed by atoms with van der Waals surface area (Å²) < 4.78 is 0. The molecule has 0 amide bonds. The van der Waals surface area contributed by atoms with E-state index < -0.39 is 5.97 Å². The summed E-state index contributed by atoms with van der Waals surface area (Å²) >= 11 is 6.01. The van der Waals surface area contributed by atoms with Gasteiger partial charge < -0.3 is 5.11 Å². The molecule has 0 atom stereocenters. The van der Waals surface area contributed by atoms with Crippen LogP contribution in [0, 0.1) is 13.8 Å². The lowest BCUT2D eigenvalue weighted by Crippen LogP contribution is -1.99. The molecular formula is C16H15ClN2O2. The van der Waals surface area contributed by atoms with Crippen LogP contribution in [-0.4, -0.2) is 17.3 Å². The number of hydrazone groups is 1. The van der Waals surface area contributed by atoms with Crippen LogP contribution in [0.5, 0.6) is 0 Å². The van der Waals surface area contributed by atoms with Crippen LogP contribution in [-0.2, 0) is 0 Å². The van der Waals surface area contributed by atoms with Gasteiger partial charge in [0.1, 0.15) is 0 Å². The highest BCUT2D eigenvalue weighted by atomic mass is 35.5. The van der Waals surface area contributed by atoms with Crippen LogP contribution in [0.1, 0.15) is 27.0 Å². The fourth-order valence-corrected chi connectivity index (χ4v) is 1.97. The Morgan fingerprint density at radius 2 is 2.00 bits per heavy atom. The van der Waals surface area contributed by atoms with Crippen LogP contribution in [0.15, 0.2) is 41.5 Å². The molecule has 0 spiro atoms. The summed E-state index contributed by atoms with van der Waals surface area (Å²) in [7, 11) is 0. The number of nitrogens with zero attached hydrogens (tertiary/aromatic N) is 1. The fourth-order valence-electron chi connectivity index (χ4n) is 1.81. The van der Waals surface area contributed by atoms with Gasteiger partial charge in [-0.3, -0.25) is 5.43 Å². The Labute approximate surface area is 128 Å². The molecule has 0 radical (unpaired) electrons. The molecule has 21 heavy (non-hydrogen) atoms. The Balaban J connectivity index is 2.19. The van der Waals surface area contributed by atoms with E-state index >= 15 is 0 Å². The van der Waals surface area contributed by atoms with Crippen molar-refractivity contribution in [2.45, 2.75) is 13.8 Å². The molecule has 2 N–H and O–H groups in total. The summed E-state index contributed by atoms with van der Waals surface area (Å²) in [5.41, 5.74) is 6.64. The van der Waals surface area contributed by atoms with Crippen molar-refractivity contribution in [3.63, 3.8) is 0 Å². The van der Waals surface area contributed by atoms with E-state index in [1.807, 2.05) is 32.0 Å². The van der Waals surface area contributed by atoms with Crippen molar-refractivity contribution in [3.05, 3.63) is 63.7 Å². The standard InChI is InChI=1S/C16H15ClN2O2/c1-10-3-4-11(2)13(7-10)9-18-19-15-8-12(16(20)21)5-6-14(15)17/h3-9,19H,1-2H3,(H,20,21)/b18-9-. The zero-order valence-electron chi connectivity index (χ0n) is 11.7. The van der Waals surface area contributed by atoms with Gasteiger partial charge in [0, 0.05) is 0 Å². The second-order valence-electron chi connectivity index (χ2n) is 4.73. The molecule has 0 aromatic heterocycles. The Kier molecular flexibility index (Phi) is 4.60. The first-order valence-electron chi connectivity index (χ1n) is 6.36. The lowest BCUT2D eigenvalue weighted by atomic mass is 10.1. The van der Waals surface area contributed by atoms with E-state index in [0.717, 1.165) is 16.7 Å². The molecule has 4 nitrogen and oxygen atoms in total. The van der Waals surface area contributed by atoms with Gasteiger partial charge in [0.25, 0.3) is 0 Å². The number of carboxylic acids is 1. The third kappa shape index (κ3) is 3.83. The number of nitrogens with one attached hydrogen (secondary N) is 1. The van der Waals surface area contributed by atoms with Crippen molar-refractivity contribution in [2.75, 3.05) is 5.43 Å². The van der Waals surface area contributed by atoms with Gasteiger partial charge in [0.05, 0.1) is 22.5 Å². The molecule has 0 bridgehead atoms. The fraction of sp³-hybridized carbons (Fsp3) is 0.125. The number of anilines is 1. The Morgan fingerprint density at radius 3 is 2.71 bits per heavy atom. The van der Waals surface area contributed by atoms with Crippen molar-refractivity contribution in [1.82, 2.24) is 0 Å². The second kappa shape index (κ2) is 6.41. The van der Waals surface area contributed by atoms with Crippen LogP contribution in [0.3, 0.4) is 0 Å². The van der Waals surface area contributed by atoms with Crippen molar-refractivity contribution < 1.29 is 9.90 Å². The predicted molar refractivity (Wildman–Crippen MR) is 85.5 cm³/mol. The van der Waals surface area contributed by atoms with Crippen LogP contribution in [0.4, 0.5) is 5.69 Å². The number of aromatic carboxylic acids is 1. The minimum absolute atomic E-state index is 0.156. The van der Waals surface area contributed by atoms with Crippen molar-refractivity contribution in [1.29, 1.82) is 0 Å². The minimum atomic E-state index is -1.01. The largest absolute Gasteiger partial charge is 0.478 e. The molecule has 0 aliphatic carbocycles. The normalized spacial score (nSPS) is 10.8. The molecule has 2 rings (SSSR count). The van der Waals surface area contributed by atoms with Gasteiger partial charge in [-0.25, -0.2) is 4.79 Å². The van der Waals surface area contributed by atoms with Gasteiger partial charge in [-0.1, -0.05) is 35.4 Å². The van der Waals surface area contributed by atoms with Gasteiger partial charge in [0.15, 0.2) is 0 Å². The quantitative estimate of drug-likeness (QED) is 0.660. The molecule has 0 unspecified atom stereocenters. The minimum Gasteiger partial charge on any atom is -0.478 e. The molecular weight excluding hydrogens is 288 g/mol. The first-order chi connectivity index (χ1) is 9.97. The Bertz CT molecular complexity index is 711. The maximum Gasteiger partial charge on any atom is 0.335 e. The van der Waals surface area contributed by atoms with Gasteiger partial charge >= 0.3 is 5.97 Å². The number of halogens is 1. The number of rotatable bonds is 4. The first-order valence-corrected chi connectivity index (χ1v) is 6.74. The maximum absolute atomic E-state index is 10.9. The number of carboxylic acid groups (broad SMARTS) is 1. The number of carbonyl (C=O) groups is 1. The third-order valence-electron chi connectivity index (χ3n) is 3.04. The van der Waals surface area contributed by atoms with E-state index in [1.54, 1.807) is 6.21 Å². The predicted octanol–water partition coefficient (Wildman–Crippen LogP) is 4.10. The highest BCUT2D eigenvalue weighted by Gasteiger charge is 2.06. The molecule has 108 valence electrons. The molecule has 0 fully saturated rings. The molecule has 0 saturated carbocycles. The topological polar surface area (TPSA) is 61.7 Å². The summed E-state index contributed by atoms with van der Waals surface area (Å²) in [6.07, 6.45) is 1.69. The lowest BCUT2D eigenvalue weighted by molar-refractivity contribution is 0.0697. The van der Waals surface area contributed by atoms with E-state index in [9.17, 15) is 4.79 Å². The van der Waals surface area contributed by atoms with Gasteiger partial charge in [-0.15, -0.1) is 0 Å². The van der Waals surface area contributed by atoms with Crippen LogP contribution in [0.25, 0.3) is 0 Å². The highest BCUT2D eigenvalue weighted by Crippen LogP contribution is 2.23. The molecule has 0 aliphatic heterocycles. The van der Waals surface area contributed by atoms with Crippen LogP contribution >= 0.6 is 11.6 Å². The highest BCUT2D eigenvalue weighted by molar-refractivity contribution is 6.33. The molecule has 2 aromatic carbocycles. The summed E-state index contributed by atoms with van der Waals surface area (Å²) in [6, 6.07) is 10.5. The average Bonchev–Trinajstić information content (AvgIpc) is 2.44. The van der Waals surface area contributed by atoms with Crippen molar-refractivity contribution >= 4 is 29.5 Å². The maximum atomic E-state index is 10.9. The van der Waals surface area contributed by atoms with E-state index in [1.165, 1.54) is 18.2 Å². The zero-order chi connectivity index (χ0) is 15.4. The Hall–Kier alpha value is -2.33. The third-order valence-corrected chi connectivity index (χ3v) is 3.37. The molecule has 0 aliphatic rings. The van der Waals surface area contributed by atoms with Gasteiger partial charge in [-0.05, 0) is 43.2 Å². The number of hydrogen-bond donors (Lipinski definition) is 2. The smallest absolute Gasteiger partial charge is 0.335 e. The zero-order valence-corrected chi connectivity index (χ0v) is 12.5. The molecule has 2 aromatic rings. The summed E-state index contributed by atoms with van der Waals surface area (Å²) in [4.78, 5) is 10.9. The monoisotopic (exact) mass is 302 g/mol. The van der Waals surface area contributed by atoms with Gasteiger partial charge in [-0.2, -0.15) is 5.10 Å². The van der Waals surface area contributed by atoms with Crippen molar-refractivity contribution in [2.24, 2.45) is 5.10 Å². The molecule has 0 heterocycles. The summed E-state index contributed by atoms with van der Waals surface area (Å²) in [5, 5.41) is 13.5. The van der Waals surface area contributed by atoms with E-state index in [2.05, 4.69) is 10.5 Å². The number of aryl methyl sites for hydroxylation is 2. The number of benzene rings is 2. The van der Waals surface area contributed by atoms with E-state index in [4.69, 9.17) is 16.7 Å². The molecule has 0 saturated heterocycles. The second-order valence-corrected chi connectivity index (χ2v) is 5.14. The van der Waals surface area contributed by atoms with Crippen molar-refractivity contribution in [3.8, 4) is 0 Å². The first kappa shape index (κ1) is 15.1. The number of hydrogen-bond acceptors (Lipinski definition) is 3. The summed E-state index contributed by atoms with van der Waals surface area (Å²) in [6.45, 7) is 4.01. The Morgan fingerprint density at radius 1 is 1.24 bits per heavy atom. The lowest BCUT2D eigenvalue weighted by Gasteiger charge is -2.05. The molecule has 5 heteroatoms. The summed E-state index contributed by atoms with van der Waals surface area (Å²) in [5.74, 6) is -1.01. The SMILES string of the molecule is Cc1ccc(C)c(/C=N\Nc2cc(C(=O)O)ccc2Cl)c1. The van der Waals surface area contributed by atoms with Crippen LogP contribution in [0.2, 0.25) is 5.02 Å². The average molecular weight is 303 g/mol. The van der Waals surface area contributed by atoms with Gasteiger partial charge in [0.2, 0.25) is 0 Å². The van der Waals surface area contributed by atoms with E-state index in [-0.39, 0.29) is 5.56 Å².